The third-order valence-corrected chi connectivity index (χ3v) is 4.00. The molecule has 0 aliphatic heterocycles. The zero-order valence-electron chi connectivity index (χ0n) is 10.1. The number of alkyl halides is 1. The predicted molar refractivity (Wildman–Crippen MR) is 77.5 cm³/mol. The van der Waals surface area contributed by atoms with E-state index in [1.165, 1.54) is 0 Å². The minimum Gasteiger partial charge on any atom is -0.253 e. The highest BCUT2D eigenvalue weighted by molar-refractivity contribution is 7.14. The lowest BCUT2D eigenvalue weighted by Crippen LogP contribution is -1.86. The zero-order chi connectivity index (χ0) is 13.1. The molecule has 0 radical (unpaired) electrons. The highest BCUT2D eigenvalue weighted by Gasteiger charge is 2.10. The molecule has 0 spiro atoms. The number of halogens is 1. The van der Waals surface area contributed by atoms with Gasteiger partial charge in [-0.1, -0.05) is 17.4 Å². The lowest BCUT2D eigenvalue weighted by molar-refractivity contribution is 0.884. The van der Waals surface area contributed by atoms with Crippen molar-refractivity contribution in [2.45, 2.75) is 12.8 Å². The Hall–Kier alpha value is -1.59. The molecule has 0 aliphatic rings. The molecule has 0 amide bonds. The molecule has 0 atom stereocenters. The first-order valence-electron chi connectivity index (χ1n) is 5.97. The van der Waals surface area contributed by atoms with E-state index in [0.29, 0.717) is 5.88 Å². The first kappa shape index (κ1) is 12.4. The van der Waals surface area contributed by atoms with E-state index in [0.717, 1.165) is 39.5 Å². The fourth-order valence-corrected chi connectivity index (χ4v) is 2.89. The van der Waals surface area contributed by atoms with Crippen LogP contribution in [0.5, 0.6) is 0 Å². The lowest BCUT2D eigenvalue weighted by Gasteiger charge is -2.00. The van der Waals surface area contributed by atoms with Gasteiger partial charge in [0.1, 0.15) is 10.0 Å². The average molecular weight is 291 g/mol. The molecule has 4 nitrogen and oxygen atoms in total. The number of para-hydroxylation sites is 1. The Bertz CT molecular complexity index is 692. The van der Waals surface area contributed by atoms with Crippen LogP contribution < -0.4 is 0 Å². The smallest absolute Gasteiger partial charge is 0.150 e. The van der Waals surface area contributed by atoms with Crippen molar-refractivity contribution in [1.82, 2.24) is 20.2 Å². The van der Waals surface area contributed by atoms with Gasteiger partial charge in [-0.15, -0.1) is 21.8 Å². The van der Waals surface area contributed by atoms with E-state index in [9.17, 15) is 0 Å². The summed E-state index contributed by atoms with van der Waals surface area (Å²) in [5.41, 5.74) is 2.72. The summed E-state index contributed by atoms with van der Waals surface area (Å²) < 4.78 is 0. The van der Waals surface area contributed by atoms with Gasteiger partial charge in [-0.2, -0.15) is 0 Å². The van der Waals surface area contributed by atoms with Crippen molar-refractivity contribution in [2.24, 2.45) is 0 Å². The molecule has 0 aliphatic carbocycles. The molecule has 3 aromatic rings. The number of fused-ring (bicyclic) bond motifs is 1. The van der Waals surface area contributed by atoms with E-state index in [2.05, 4.69) is 20.2 Å². The molecule has 1 aromatic carbocycles. The van der Waals surface area contributed by atoms with Crippen molar-refractivity contribution in [3.05, 3.63) is 35.6 Å². The second-order valence-corrected chi connectivity index (χ2v) is 5.46. The molecule has 2 aromatic heterocycles. The quantitative estimate of drug-likeness (QED) is 0.692. The largest absolute Gasteiger partial charge is 0.253 e. The second-order valence-electron chi connectivity index (χ2n) is 4.02. The Kier molecular flexibility index (Phi) is 3.66. The average Bonchev–Trinajstić information content (AvgIpc) is 2.93. The van der Waals surface area contributed by atoms with Crippen LogP contribution in [0.1, 0.15) is 11.4 Å². The third kappa shape index (κ3) is 2.57. The van der Waals surface area contributed by atoms with Crippen molar-refractivity contribution in [2.75, 3.05) is 5.88 Å². The molecule has 0 saturated heterocycles. The lowest BCUT2D eigenvalue weighted by atomic mass is 10.2. The first-order valence-corrected chi connectivity index (χ1v) is 7.32. The zero-order valence-corrected chi connectivity index (χ0v) is 11.7. The number of aromatic nitrogens is 4. The van der Waals surface area contributed by atoms with E-state index in [1.54, 1.807) is 23.7 Å². The maximum absolute atomic E-state index is 5.69. The van der Waals surface area contributed by atoms with Crippen LogP contribution in [-0.2, 0) is 6.42 Å². The Labute approximate surface area is 119 Å². The minimum absolute atomic E-state index is 0.647. The number of aryl methyl sites for hydroxylation is 1. The van der Waals surface area contributed by atoms with E-state index in [-0.39, 0.29) is 0 Å². The summed E-state index contributed by atoms with van der Waals surface area (Å²) in [6, 6.07) is 5.91. The van der Waals surface area contributed by atoms with Gasteiger partial charge in [0.25, 0.3) is 0 Å². The van der Waals surface area contributed by atoms with Crippen LogP contribution in [0, 0.1) is 0 Å². The molecule has 3 rings (SSSR count). The SMILES string of the molecule is ClCCCc1nnc(-c2cccc3nccnc23)s1. The molecule has 0 N–H and O–H groups in total. The molecular formula is C13H11ClN4S. The van der Waals surface area contributed by atoms with Gasteiger partial charge in [0.2, 0.25) is 0 Å². The van der Waals surface area contributed by atoms with Gasteiger partial charge in [-0.05, 0) is 18.6 Å². The molecular weight excluding hydrogens is 280 g/mol. The van der Waals surface area contributed by atoms with Gasteiger partial charge in [0.15, 0.2) is 0 Å². The van der Waals surface area contributed by atoms with Crippen molar-refractivity contribution in [1.29, 1.82) is 0 Å². The Morgan fingerprint density at radius 1 is 1.11 bits per heavy atom. The number of hydrogen-bond acceptors (Lipinski definition) is 5. The Morgan fingerprint density at radius 3 is 2.89 bits per heavy atom. The fourth-order valence-electron chi connectivity index (χ4n) is 1.85. The Balaban J connectivity index is 2.02. The third-order valence-electron chi connectivity index (χ3n) is 2.72. The fraction of sp³-hybridized carbons (Fsp3) is 0.231. The highest BCUT2D eigenvalue weighted by Crippen LogP contribution is 2.28. The number of nitrogens with zero attached hydrogens (tertiary/aromatic N) is 4. The minimum atomic E-state index is 0.647. The Morgan fingerprint density at radius 2 is 2.00 bits per heavy atom. The van der Waals surface area contributed by atoms with Crippen LogP contribution in [0.15, 0.2) is 30.6 Å². The van der Waals surface area contributed by atoms with E-state index in [4.69, 9.17) is 11.6 Å². The number of benzene rings is 1. The summed E-state index contributed by atoms with van der Waals surface area (Å²) in [7, 11) is 0. The predicted octanol–water partition coefficient (Wildman–Crippen LogP) is 3.32. The molecule has 19 heavy (non-hydrogen) atoms. The van der Waals surface area contributed by atoms with Gasteiger partial charge in [-0.25, -0.2) is 0 Å². The molecule has 2 heterocycles. The maximum Gasteiger partial charge on any atom is 0.150 e. The molecule has 0 unspecified atom stereocenters. The summed E-state index contributed by atoms with van der Waals surface area (Å²) in [4.78, 5) is 8.68. The van der Waals surface area contributed by atoms with E-state index in [1.807, 2.05) is 18.2 Å². The van der Waals surface area contributed by atoms with E-state index >= 15 is 0 Å². The van der Waals surface area contributed by atoms with Gasteiger partial charge in [-0.3, -0.25) is 9.97 Å². The van der Waals surface area contributed by atoms with Crippen LogP contribution >= 0.6 is 22.9 Å². The van der Waals surface area contributed by atoms with Crippen LogP contribution in [-0.4, -0.2) is 26.0 Å². The standard InChI is InChI=1S/C13H11ClN4S/c14-6-2-5-11-17-18-13(19-11)9-3-1-4-10-12(9)16-8-7-15-10/h1,3-4,7-8H,2,5-6H2. The first-order chi connectivity index (χ1) is 9.38. The summed E-state index contributed by atoms with van der Waals surface area (Å²) in [6.07, 6.45) is 5.18. The van der Waals surface area contributed by atoms with Crippen LogP contribution in [0.3, 0.4) is 0 Å². The van der Waals surface area contributed by atoms with Crippen molar-refractivity contribution >= 4 is 34.0 Å². The topological polar surface area (TPSA) is 51.6 Å². The van der Waals surface area contributed by atoms with Crippen molar-refractivity contribution in [3.63, 3.8) is 0 Å². The van der Waals surface area contributed by atoms with Crippen LogP contribution in [0.4, 0.5) is 0 Å². The number of rotatable bonds is 4. The summed E-state index contributed by atoms with van der Waals surface area (Å²) in [6.45, 7) is 0. The van der Waals surface area contributed by atoms with Crippen LogP contribution in [0.2, 0.25) is 0 Å². The van der Waals surface area contributed by atoms with Gasteiger partial charge < -0.3 is 0 Å². The van der Waals surface area contributed by atoms with Crippen molar-refractivity contribution < 1.29 is 0 Å². The van der Waals surface area contributed by atoms with Crippen molar-refractivity contribution in [3.8, 4) is 10.6 Å². The summed E-state index contributed by atoms with van der Waals surface area (Å²) >= 11 is 7.28. The normalized spacial score (nSPS) is 11.0. The molecule has 0 saturated carbocycles. The van der Waals surface area contributed by atoms with Gasteiger partial charge in [0, 0.05) is 30.3 Å². The second kappa shape index (κ2) is 5.59. The summed E-state index contributed by atoms with van der Waals surface area (Å²) in [5.74, 6) is 0.647. The maximum atomic E-state index is 5.69. The van der Waals surface area contributed by atoms with E-state index < -0.39 is 0 Å². The molecule has 0 fully saturated rings. The van der Waals surface area contributed by atoms with Gasteiger partial charge in [0.05, 0.1) is 11.0 Å². The molecule has 96 valence electrons. The molecule has 0 bridgehead atoms. The monoisotopic (exact) mass is 290 g/mol. The van der Waals surface area contributed by atoms with Gasteiger partial charge >= 0.3 is 0 Å². The summed E-state index contributed by atoms with van der Waals surface area (Å²) in [5, 5.41) is 10.3. The number of hydrogen-bond donors (Lipinski definition) is 0. The molecule has 6 heteroatoms. The highest BCUT2D eigenvalue weighted by atomic mass is 35.5. The van der Waals surface area contributed by atoms with Crippen LogP contribution in [0.25, 0.3) is 21.6 Å².